The maximum Gasteiger partial charge on any atom is 0.124 e. The third-order valence-electron chi connectivity index (χ3n) is 2.69. The Labute approximate surface area is 98.3 Å². The molecule has 1 N–H and O–H groups in total. The summed E-state index contributed by atoms with van der Waals surface area (Å²) in [6, 6.07) is 5.93. The van der Waals surface area contributed by atoms with Crippen molar-refractivity contribution in [2.45, 2.75) is 40.2 Å². The molecule has 0 aliphatic rings. The van der Waals surface area contributed by atoms with Crippen molar-refractivity contribution in [3.05, 3.63) is 29.3 Å². The van der Waals surface area contributed by atoms with Crippen molar-refractivity contribution in [1.82, 2.24) is 0 Å². The number of ether oxygens (including phenoxy) is 1. The zero-order valence-corrected chi connectivity index (χ0v) is 10.5. The molecule has 0 aliphatic carbocycles. The van der Waals surface area contributed by atoms with Gasteiger partial charge < -0.3 is 9.84 Å². The molecule has 0 radical (unpaired) electrons. The third-order valence-corrected chi connectivity index (χ3v) is 2.69. The molecule has 90 valence electrons. The van der Waals surface area contributed by atoms with Crippen molar-refractivity contribution in [3.63, 3.8) is 0 Å². The summed E-state index contributed by atoms with van der Waals surface area (Å²) in [5.74, 6) is 1.38. The van der Waals surface area contributed by atoms with Crippen LogP contribution in [0.3, 0.4) is 0 Å². The third kappa shape index (κ3) is 3.86. The van der Waals surface area contributed by atoms with Gasteiger partial charge in [0.25, 0.3) is 0 Å². The zero-order valence-electron chi connectivity index (χ0n) is 10.5. The molecule has 0 heterocycles. The zero-order chi connectivity index (χ0) is 12.0. The minimum Gasteiger partial charge on any atom is -0.493 e. The normalized spacial score (nSPS) is 12.5. The van der Waals surface area contributed by atoms with E-state index < -0.39 is 0 Å². The van der Waals surface area contributed by atoms with Gasteiger partial charge in [-0.15, -0.1) is 0 Å². The van der Waals surface area contributed by atoms with Gasteiger partial charge in [0.1, 0.15) is 5.75 Å². The molecule has 1 aromatic rings. The van der Waals surface area contributed by atoms with Crippen LogP contribution in [0.1, 0.15) is 37.8 Å². The lowest BCUT2D eigenvalue weighted by molar-refractivity contribution is 0.234. The van der Waals surface area contributed by atoms with Crippen LogP contribution in [0.2, 0.25) is 0 Å². The Kier molecular flexibility index (Phi) is 5.33. The molecular formula is C14H22O2. The van der Waals surface area contributed by atoms with Crippen molar-refractivity contribution in [1.29, 1.82) is 0 Å². The molecule has 0 saturated heterocycles. The maximum atomic E-state index is 9.23. The van der Waals surface area contributed by atoms with E-state index in [1.165, 1.54) is 12.8 Å². The first kappa shape index (κ1) is 13.0. The minimum atomic E-state index is 0.0408. The second-order valence-corrected chi connectivity index (χ2v) is 4.47. The number of rotatable bonds is 6. The van der Waals surface area contributed by atoms with Gasteiger partial charge in [0.15, 0.2) is 0 Å². The van der Waals surface area contributed by atoms with E-state index in [1.807, 2.05) is 25.1 Å². The number of aryl methyl sites for hydroxylation is 1. The van der Waals surface area contributed by atoms with Gasteiger partial charge in [-0.1, -0.05) is 38.0 Å². The number of benzene rings is 1. The monoisotopic (exact) mass is 222 g/mol. The number of hydrogen-bond acceptors (Lipinski definition) is 2. The van der Waals surface area contributed by atoms with E-state index in [9.17, 15) is 5.11 Å². The highest BCUT2D eigenvalue weighted by Crippen LogP contribution is 2.21. The van der Waals surface area contributed by atoms with E-state index in [0.717, 1.165) is 23.5 Å². The molecule has 16 heavy (non-hydrogen) atoms. The van der Waals surface area contributed by atoms with E-state index in [4.69, 9.17) is 4.74 Å². The van der Waals surface area contributed by atoms with Crippen LogP contribution in [0, 0.1) is 12.8 Å². The Morgan fingerprint density at radius 2 is 2.12 bits per heavy atom. The molecule has 0 aromatic heterocycles. The predicted molar refractivity (Wildman–Crippen MR) is 66.7 cm³/mol. The first-order valence-electron chi connectivity index (χ1n) is 6.00. The number of aliphatic hydroxyl groups excluding tert-OH is 1. The van der Waals surface area contributed by atoms with E-state index in [1.54, 1.807) is 0 Å². The summed E-state index contributed by atoms with van der Waals surface area (Å²) in [4.78, 5) is 0. The molecule has 1 aromatic carbocycles. The van der Waals surface area contributed by atoms with Gasteiger partial charge in [0.2, 0.25) is 0 Å². The molecule has 1 atom stereocenters. The van der Waals surface area contributed by atoms with Crippen LogP contribution in [0.15, 0.2) is 18.2 Å². The highest BCUT2D eigenvalue weighted by Gasteiger charge is 2.06. The lowest BCUT2D eigenvalue weighted by atomic mass is 10.1. The summed E-state index contributed by atoms with van der Waals surface area (Å²) in [6.07, 6.45) is 2.37. The van der Waals surface area contributed by atoms with Crippen LogP contribution in [-0.2, 0) is 6.61 Å². The Bertz CT molecular complexity index is 321. The average Bonchev–Trinajstić information content (AvgIpc) is 2.27. The van der Waals surface area contributed by atoms with Gasteiger partial charge in [0.05, 0.1) is 13.2 Å². The van der Waals surface area contributed by atoms with E-state index >= 15 is 0 Å². The SMILES string of the molecule is CCCC(C)COc1ccc(C)cc1CO. The second-order valence-electron chi connectivity index (χ2n) is 4.47. The lowest BCUT2D eigenvalue weighted by Gasteiger charge is -2.14. The molecular weight excluding hydrogens is 200 g/mol. The number of aliphatic hydroxyl groups is 1. The Balaban J connectivity index is 2.59. The summed E-state index contributed by atoms with van der Waals surface area (Å²) >= 11 is 0. The predicted octanol–water partition coefficient (Wildman–Crippen LogP) is 3.30. The highest BCUT2D eigenvalue weighted by atomic mass is 16.5. The molecule has 0 amide bonds. The van der Waals surface area contributed by atoms with Crippen LogP contribution >= 0.6 is 0 Å². The molecule has 1 rings (SSSR count). The molecule has 0 aliphatic heterocycles. The highest BCUT2D eigenvalue weighted by molar-refractivity contribution is 5.36. The van der Waals surface area contributed by atoms with Gasteiger partial charge in [-0.2, -0.15) is 0 Å². The maximum absolute atomic E-state index is 9.23. The molecule has 0 saturated carbocycles. The molecule has 0 fully saturated rings. The van der Waals surface area contributed by atoms with Gasteiger partial charge in [-0.05, 0) is 25.3 Å². The quantitative estimate of drug-likeness (QED) is 0.800. The van der Waals surface area contributed by atoms with Crippen molar-refractivity contribution in [3.8, 4) is 5.75 Å². The van der Waals surface area contributed by atoms with Crippen molar-refractivity contribution < 1.29 is 9.84 Å². The average molecular weight is 222 g/mol. The fourth-order valence-electron chi connectivity index (χ4n) is 1.78. The van der Waals surface area contributed by atoms with Crippen LogP contribution in [0.4, 0.5) is 0 Å². The summed E-state index contributed by atoms with van der Waals surface area (Å²) < 4.78 is 5.74. The summed E-state index contributed by atoms with van der Waals surface area (Å²) in [7, 11) is 0. The van der Waals surface area contributed by atoms with E-state index in [2.05, 4.69) is 13.8 Å². The molecule has 1 unspecified atom stereocenters. The van der Waals surface area contributed by atoms with Crippen molar-refractivity contribution in [2.24, 2.45) is 5.92 Å². The van der Waals surface area contributed by atoms with Gasteiger partial charge in [-0.25, -0.2) is 0 Å². The van der Waals surface area contributed by atoms with Gasteiger partial charge >= 0.3 is 0 Å². The van der Waals surface area contributed by atoms with Gasteiger partial charge in [-0.3, -0.25) is 0 Å². The Hall–Kier alpha value is -1.02. The Morgan fingerprint density at radius 1 is 1.38 bits per heavy atom. The number of hydrogen-bond donors (Lipinski definition) is 1. The Morgan fingerprint density at radius 3 is 2.75 bits per heavy atom. The summed E-state index contributed by atoms with van der Waals surface area (Å²) in [6.45, 7) is 7.16. The molecule has 2 nitrogen and oxygen atoms in total. The molecule has 2 heteroatoms. The first-order valence-corrected chi connectivity index (χ1v) is 6.00. The largest absolute Gasteiger partial charge is 0.493 e. The second kappa shape index (κ2) is 6.54. The molecule has 0 spiro atoms. The standard InChI is InChI=1S/C14H22O2/c1-4-5-12(3)10-16-14-7-6-11(2)8-13(14)9-15/h6-8,12,15H,4-5,9-10H2,1-3H3. The van der Waals surface area contributed by atoms with Crippen LogP contribution < -0.4 is 4.74 Å². The van der Waals surface area contributed by atoms with E-state index in [-0.39, 0.29) is 6.61 Å². The lowest BCUT2D eigenvalue weighted by Crippen LogP contribution is -2.09. The van der Waals surface area contributed by atoms with Crippen LogP contribution in [-0.4, -0.2) is 11.7 Å². The van der Waals surface area contributed by atoms with Crippen LogP contribution in [0.5, 0.6) is 5.75 Å². The molecule has 0 bridgehead atoms. The topological polar surface area (TPSA) is 29.5 Å². The fourth-order valence-corrected chi connectivity index (χ4v) is 1.78. The van der Waals surface area contributed by atoms with Crippen molar-refractivity contribution in [2.75, 3.05) is 6.61 Å². The van der Waals surface area contributed by atoms with E-state index in [0.29, 0.717) is 5.92 Å². The minimum absolute atomic E-state index is 0.0408. The summed E-state index contributed by atoms with van der Waals surface area (Å²) in [5.41, 5.74) is 2.03. The van der Waals surface area contributed by atoms with Gasteiger partial charge in [0, 0.05) is 5.56 Å². The van der Waals surface area contributed by atoms with Crippen molar-refractivity contribution >= 4 is 0 Å². The summed E-state index contributed by atoms with van der Waals surface area (Å²) in [5, 5.41) is 9.23. The van der Waals surface area contributed by atoms with Crippen LogP contribution in [0.25, 0.3) is 0 Å². The smallest absolute Gasteiger partial charge is 0.124 e. The fraction of sp³-hybridized carbons (Fsp3) is 0.571. The first-order chi connectivity index (χ1) is 7.67.